The summed E-state index contributed by atoms with van der Waals surface area (Å²) >= 11 is 0. The molecule has 0 aliphatic heterocycles. The Hall–Kier alpha value is -0.940. The van der Waals surface area contributed by atoms with Gasteiger partial charge >= 0.3 is 0 Å². The molecule has 3 rings (SSSR count). The first-order valence-electron chi connectivity index (χ1n) is 7.78. The number of hydrogen-bond acceptors (Lipinski definition) is 5. The van der Waals surface area contributed by atoms with Gasteiger partial charge in [0.1, 0.15) is 5.60 Å². The van der Waals surface area contributed by atoms with Crippen LogP contribution in [0.3, 0.4) is 0 Å². The summed E-state index contributed by atoms with van der Waals surface area (Å²) in [7, 11) is 1.76. The Morgan fingerprint density at radius 1 is 1.35 bits per heavy atom. The minimum Gasteiger partial charge on any atom is -0.370 e. The lowest BCUT2D eigenvalue weighted by Crippen LogP contribution is -2.35. The number of rotatable bonds is 3. The molecule has 5 nitrogen and oxygen atoms in total. The summed E-state index contributed by atoms with van der Waals surface area (Å²) in [6.07, 6.45) is 7.44. The van der Waals surface area contributed by atoms with Crippen molar-refractivity contribution in [1.82, 2.24) is 10.1 Å². The number of aromatic nitrogens is 2. The molecule has 20 heavy (non-hydrogen) atoms. The minimum atomic E-state index is -0.347. The Kier molecular flexibility index (Phi) is 3.82. The maximum Gasteiger partial charge on any atom is 0.229 e. The highest BCUT2D eigenvalue weighted by Gasteiger charge is 2.41. The maximum atomic E-state index is 5.97. The molecule has 0 amide bonds. The molecule has 1 aromatic heterocycles. The minimum absolute atomic E-state index is 0.279. The Morgan fingerprint density at radius 3 is 2.85 bits per heavy atom. The second-order valence-corrected chi connectivity index (χ2v) is 6.63. The summed E-state index contributed by atoms with van der Waals surface area (Å²) in [6, 6.07) is 0.279. The van der Waals surface area contributed by atoms with Gasteiger partial charge in [-0.2, -0.15) is 4.98 Å². The van der Waals surface area contributed by atoms with Gasteiger partial charge in [-0.1, -0.05) is 18.5 Å². The van der Waals surface area contributed by atoms with E-state index >= 15 is 0 Å². The average molecular weight is 279 g/mol. The molecular weight excluding hydrogens is 254 g/mol. The SMILES string of the molecule is COC1(c2noc(C3CCC(N)C3)n2)CCCC(C)C1. The monoisotopic (exact) mass is 279 g/mol. The number of nitrogens with two attached hydrogens (primary N) is 1. The molecule has 2 aliphatic carbocycles. The van der Waals surface area contributed by atoms with E-state index in [0.717, 1.165) is 50.2 Å². The Bertz CT molecular complexity index is 462. The summed E-state index contributed by atoms with van der Waals surface area (Å²) in [5.74, 6) is 2.47. The molecule has 0 spiro atoms. The van der Waals surface area contributed by atoms with Crippen molar-refractivity contribution in [3.63, 3.8) is 0 Å². The van der Waals surface area contributed by atoms with Gasteiger partial charge < -0.3 is 15.0 Å². The van der Waals surface area contributed by atoms with Crippen LogP contribution < -0.4 is 5.73 Å². The van der Waals surface area contributed by atoms with Crippen molar-refractivity contribution in [2.75, 3.05) is 7.11 Å². The summed E-state index contributed by atoms with van der Waals surface area (Å²) in [5, 5.41) is 4.24. The van der Waals surface area contributed by atoms with Crippen LogP contribution in [0.5, 0.6) is 0 Å². The quantitative estimate of drug-likeness (QED) is 0.920. The van der Waals surface area contributed by atoms with E-state index in [1.807, 2.05) is 0 Å². The molecule has 5 heteroatoms. The van der Waals surface area contributed by atoms with Crippen molar-refractivity contribution in [2.24, 2.45) is 11.7 Å². The first-order chi connectivity index (χ1) is 9.63. The van der Waals surface area contributed by atoms with Gasteiger partial charge in [0.05, 0.1) is 0 Å². The second-order valence-electron chi connectivity index (χ2n) is 6.63. The van der Waals surface area contributed by atoms with E-state index in [0.29, 0.717) is 11.8 Å². The van der Waals surface area contributed by atoms with Crippen LogP contribution in [0.2, 0.25) is 0 Å². The lowest BCUT2D eigenvalue weighted by molar-refractivity contribution is -0.0658. The van der Waals surface area contributed by atoms with Crippen LogP contribution in [-0.2, 0) is 10.3 Å². The summed E-state index contributed by atoms with van der Waals surface area (Å²) < 4.78 is 11.3. The summed E-state index contributed by atoms with van der Waals surface area (Å²) in [4.78, 5) is 4.67. The molecule has 0 radical (unpaired) electrons. The van der Waals surface area contributed by atoms with Crippen molar-refractivity contribution < 1.29 is 9.26 Å². The highest BCUT2D eigenvalue weighted by molar-refractivity contribution is 5.07. The van der Waals surface area contributed by atoms with E-state index in [-0.39, 0.29) is 11.6 Å². The van der Waals surface area contributed by atoms with Crippen LogP contribution >= 0.6 is 0 Å². The first-order valence-corrected chi connectivity index (χ1v) is 7.78. The first kappa shape index (κ1) is 14.0. The van der Waals surface area contributed by atoms with Gasteiger partial charge in [-0.3, -0.25) is 0 Å². The molecule has 2 fully saturated rings. The fourth-order valence-electron chi connectivity index (χ4n) is 3.81. The van der Waals surface area contributed by atoms with Crippen LogP contribution in [0.1, 0.15) is 69.5 Å². The number of nitrogens with zero attached hydrogens (tertiary/aromatic N) is 2. The largest absolute Gasteiger partial charge is 0.370 e. The van der Waals surface area contributed by atoms with Crippen LogP contribution in [0, 0.1) is 5.92 Å². The molecule has 0 aromatic carbocycles. The van der Waals surface area contributed by atoms with E-state index < -0.39 is 0 Å². The highest BCUT2D eigenvalue weighted by atomic mass is 16.5. The zero-order valence-electron chi connectivity index (χ0n) is 12.5. The van der Waals surface area contributed by atoms with Crippen molar-refractivity contribution in [3.05, 3.63) is 11.7 Å². The topological polar surface area (TPSA) is 74.2 Å². The molecule has 112 valence electrons. The average Bonchev–Trinajstić information content (AvgIpc) is 3.07. The summed E-state index contributed by atoms with van der Waals surface area (Å²) in [5.41, 5.74) is 5.62. The lowest BCUT2D eigenvalue weighted by atomic mass is 9.78. The van der Waals surface area contributed by atoms with E-state index in [1.165, 1.54) is 6.42 Å². The smallest absolute Gasteiger partial charge is 0.229 e. The highest BCUT2D eigenvalue weighted by Crippen LogP contribution is 2.42. The number of methoxy groups -OCH3 is 1. The number of hydrogen-bond donors (Lipinski definition) is 1. The van der Waals surface area contributed by atoms with E-state index in [4.69, 9.17) is 15.0 Å². The maximum absolute atomic E-state index is 5.97. The predicted octanol–water partition coefficient (Wildman–Crippen LogP) is 2.72. The Labute approximate surface area is 120 Å². The third-order valence-corrected chi connectivity index (χ3v) is 5.02. The standard InChI is InChI=1S/C15H25N3O2/c1-10-4-3-7-15(9-10,19-2)14-17-13(20-18-14)11-5-6-12(16)8-11/h10-12H,3-9,16H2,1-2H3. The molecule has 1 aromatic rings. The zero-order valence-corrected chi connectivity index (χ0v) is 12.5. The third kappa shape index (κ3) is 2.49. The Balaban J connectivity index is 1.81. The van der Waals surface area contributed by atoms with Crippen molar-refractivity contribution in [2.45, 2.75) is 69.4 Å². The fraction of sp³-hybridized carbons (Fsp3) is 0.867. The van der Waals surface area contributed by atoms with E-state index in [9.17, 15) is 0 Å². The zero-order chi connectivity index (χ0) is 14.2. The third-order valence-electron chi connectivity index (χ3n) is 5.02. The summed E-state index contributed by atoms with van der Waals surface area (Å²) in [6.45, 7) is 2.27. The molecule has 4 unspecified atom stereocenters. The van der Waals surface area contributed by atoms with Crippen LogP contribution in [0.25, 0.3) is 0 Å². The van der Waals surface area contributed by atoms with Crippen molar-refractivity contribution in [3.8, 4) is 0 Å². The molecule has 2 saturated carbocycles. The molecule has 1 heterocycles. The second kappa shape index (κ2) is 5.45. The van der Waals surface area contributed by atoms with Crippen LogP contribution in [0.15, 0.2) is 4.52 Å². The van der Waals surface area contributed by atoms with E-state index in [2.05, 4.69) is 17.1 Å². The van der Waals surface area contributed by atoms with Gasteiger partial charge in [-0.25, -0.2) is 0 Å². The van der Waals surface area contributed by atoms with Crippen molar-refractivity contribution >= 4 is 0 Å². The van der Waals surface area contributed by atoms with Gasteiger partial charge in [0, 0.05) is 19.1 Å². The molecule has 0 saturated heterocycles. The number of ether oxygens (including phenoxy) is 1. The molecule has 4 atom stereocenters. The van der Waals surface area contributed by atoms with Gasteiger partial charge in [-0.15, -0.1) is 0 Å². The normalized spacial score (nSPS) is 38.2. The van der Waals surface area contributed by atoms with Crippen LogP contribution in [-0.4, -0.2) is 23.3 Å². The van der Waals surface area contributed by atoms with Crippen molar-refractivity contribution in [1.29, 1.82) is 0 Å². The fourth-order valence-corrected chi connectivity index (χ4v) is 3.81. The van der Waals surface area contributed by atoms with Gasteiger partial charge in [-0.05, 0) is 44.4 Å². The van der Waals surface area contributed by atoms with Gasteiger partial charge in [0.25, 0.3) is 0 Å². The van der Waals surface area contributed by atoms with Gasteiger partial charge in [0.15, 0.2) is 0 Å². The lowest BCUT2D eigenvalue weighted by Gasteiger charge is -2.36. The van der Waals surface area contributed by atoms with Gasteiger partial charge in [0.2, 0.25) is 11.7 Å². The molecular formula is C15H25N3O2. The molecule has 0 bridgehead atoms. The molecule has 2 N–H and O–H groups in total. The Morgan fingerprint density at radius 2 is 2.20 bits per heavy atom. The van der Waals surface area contributed by atoms with E-state index in [1.54, 1.807) is 7.11 Å². The van der Waals surface area contributed by atoms with Crippen LogP contribution in [0.4, 0.5) is 0 Å². The molecule has 2 aliphatic rings. The predicted molar refractivity (Wildman–Crippen MR) is 75.2 cm³/mol.